The highest BCUT2D eigenvalue weighted by molar-refractivity contribution is 7.92. The minimum atomic E-state index is -3.91. The van der Waals surface area contributed by atoms with Crippen LogP contribution in [0.4, 0.5) is 9.52 Å². The number of carbonyl (C=O) groups excluding carboxylic acids is 1. The molecule has 5 nitrogen and oxygen atoms in total. The van der Waals surface area contributed by atoms with Gasteiger partial charge in [0.05, 0.1) is 15.1 Å². The average Bonchev–Trinajstić information content (AvgIpc) is 2.95. The number of sulfone groups is 1. The number of anilines is 1. The van der Waals surface area contributed by atoms with E-state index in [2.05, 4.69) is 10.3 Å². The van der Waals surface area contributed by atoms with Crippen molar-refractivity contribution in [3.05, 3.63) is 53.8 Å². The number of aromatic nitrogens is 1. The van der Waals surface area contributed by atoms with Gasteiger partial charge in [-0.15, -0.1) is 0 Å². The molecule has 0 aliphatic rings. The van der Waals surface area contributed by atoms with E-state index in [-0.39, 0.29) is 4.90 Å². The van der Waals surface area contributed by atoms with Crippen molar-refractivity contribution in [2.45, 2.75) is 24.0 Å². The molecule has 0 fully saturated rings. The third-order valence-electron chi connectivity index (χ3n) is 3.75. The molecule has 0 saturated heterocycles. The van der Waals surface area contributed by atoms with Crippen molar-refractivity contribution in [3.63, 3.8) is 0 Å². The van der Waals surface area contributed by atoms with E-state index in [0.29, 0.717) is 5.13 Å². The number of benzene rings is 2. The molecule has 25 heavy (non-hydrogen) atoms. The number of amides is 1. The molecule has 1 N–H and O–H groups in total. The molecule has 3 rings (SSSR count). The van der Waals surface area contributed by atoms with E-state index in [0.717, 1.165) is 40.0 Å². The molecule has 0 spiro atoms. The third-order valence-corrected chi connectivity index (χ3v) is 6.76. The number of halogens is 1. The molecular weight excluding hydrogens is 363 g/mol. The van der Waals surface area contributed by atoms with E-state index in [1.807, 2.05) is 25.1 Å². The lowest BCUT2D eigenvalue weighted by atomic mass is 10.2. The summed E-state index contributed by atoms with van der Waals surface area (Å²) in [6.45, 7) is 3.25. The zero-order chi connectivity index (χ0) is 18.2. The standard InChI is InChI=1S/C17H15FN2O3S2/c1-10-3-8-14-15(9-10)24-17(19-14)20-16(21)11(2)25(22,23)13-6-4-12(18)5-7-13/h3-9,11H,1-2H3,(H,19,20,21). The van der Waals surface area contributed by atoms with Gasteiger partial charge in [0.2, 0.25) is 5.91 Å². The van der Waals surface area contributed by atoms with Crippen molar-refractivity contribution in [3.8, 4) is 0 Å². The highest BCUT2D eigenvalue weighted by Gasteiger charge is 2.30. The predicted octanol–water partition coefficient (Wildman–Crippen LogP) is 3.54. The van der Waals surface area contributed by atoms with Gasteiger partial charge in [-0.25, -0.2) is 17.8 Å². The highest BCUT2D eigenvalue weighted by Crippen LogP contribution is 2.27. The van der Waals surface area contributed by atoms with Crippen LogP contribution in [-0.2, 0) is 14.6 Å². The van der Waals surface area contributed by atoms with Crippen LogP contribution < -0.4 is 5.32 Å². The zero-order valence-corrected chi connectivity index (χ0v) is 15.1. The summed E-state index contributed by atoms with van der Waals surface area (Å²) in [5, 5.41) is 1.57. The first-order chi connectivity index (χ1) is 11.8. The Morgan fingerprint density at radius 1 is 1.20 bits per heavy atom. The summed E-state index contributed by atoms with van der Waals surface area (Å²) < 4.78 is 38.9. The van der Waals surface area contributed by atoms with E-state index < -0.39 is 26.8 Å². The zero-order valence-electron chi connectivity index (χ0n) is 13.5. The maximum Gasteiger partial charge on any atom is 0.244 e. The summed E-state index contributed by atoms with van der Waals surface area (Å²) in [6, 6.07) is 10.1. The van der Waals surface area contributed by atoms with E-state index in [9.17, 15) is 17.6 Å². The molecule has 1 heterocycles. The predicted molar refractivity (Wildman–Crippen MR) is 96.0 cm³/mol. The molecule has 2 aromatic carbocycles. The summed E-state index contributed by atoms with van der Waals surface area (Å²) in [6.07, 6.45) is 0. The molecule has 1 aromatic heterocycles. The van der Waals surface area contributed by atoms with Crippen molar-refractivity contribution in [2.75, 3.05) is 5.32 Å². The van der Waals surface area contributed by atoms with E-state index >= 15 is 0 Å². The second kappa shape index (κ2) is 6.53. The van der Waals surface area contributed by atoms with Crippen molar-refractivity contribution < 1.29 is 17.6 Å². The van der Waals surface area contributed by atoms with Gasteiger partial charge < -0.3 is 5.32 Å². The first-order valence-electron chi connectivity index (χ1n) is 7.45. The fourth-order valence-corrected chi connectivity index (χ4v) is 4.49. The van der Waals surface area contributed by atoms with Crippen molar-refractivity contribution in [1.82, 2.24) is 4.98 Å². The summed E-state index contributed by atoms with van der Waals surface area (Å²) in [4.78, 5) is 16.5. The molecule has 0 bridgehead atoms. The van der Waals surface area contributed by atoms with Crippen LogP contribution in [-0.4, -0.2) is 24.6 Å². The van der Waals surface area contributed by atoms with Gasteiger partial charge in [-0.2, -0.15) is 0 Å². The molecule has 0 aliphatic carbocycles. The van der Waals surface area contributed by atoms with Gasteiger partial charge in [-0.3, -0.25) is 4.79 Å². The number of fused-ring (bicyclic) bond motifs is 1. The SMILES string of the molecule is Cc1ccc2nc(NC(=O)C(C)S(=O)(=O)c3ccc(F)cc3)sc2c1. The van der Waals surface area contributed by atoms with Gasteiger partial charge in [0, 0.05) is 0 Å². The molecule has 1 amide bonds. The Kier molecular flexibility index (Phi) is 4.57. The van der Waals surface area contributed by atoms with E-state index in [1.165, 1.54) is 18.3 Å². The number of aryl methyl sites for hydroxylation is 1. The highest BCUT2D eigenvalue weighted by atomic mass is 32.2. The largest absolute Gasteiger partial charge is 0.301 e. The monoisotopic (exact) mass is 378 g/mol. The number of hydrogen-bond donors (Lipinski definition) is 1. The second-order valence-corrected chi connectivity index (χ2v) is 8.92. The van der Waals surface area contributed by atoms with Gasteiger partial charge >= 0.3 is 0 Å². The Morgan fingerprint density at radius 3 is 2.56 bits per heavy atom. The van der Waals surface area contributed by atoms with Crippen LogP contribution in [0.25, 0.3) is 10.2 Å². The topological polar surface area (TPSA) is 76.1 Å². The number of nitrogens with one attached hydrogen (secondary N) is 1. The maximum absolute atomic E-state index is 13.0. The fourth-order valence-electron chi connectivity index (χ4n) is 2.26. The van der Waals surface area contributed by atoms with Crippen molar-refractivity contribution >= 4 is 42.4 Å². The number of thiazole rings is 1. The minimum Gasteiger partial charge on any atom is -0.301 e. The number of hydrogen-bond acceptors (Lipinski definition) is 5. The van der Waals surface area contributed by atoms with Crippen LogP contribution in [0.1, 0.15) is 12.5 Å². The molecule has 1 unspecified atom stereocenters. The normalized spacial score (nSPS) is 12.9. The summed E-state index contributed by atoms with van der Waals surface area (Å²) in [7, 11) is -3.91. The van der Waals surface area contributed by atoms with Crippen LogP contribution in [0.2, 0.25) is 0 Å². The Hall–Kier alpha value is -2.32. The van der Waals surface area contributed by atoms with Crippen LogP contribution in [0.3, 0.4) is 0 Å². The van der Waals surface area contributed by atoms with Gasteiger partial charge in [0.25, 0.3) is 0 Å². The Balaban J connectivity index is 1.82. The molecule has 130 valence electrons. The minimum absolute atomic E-state index is 0.100. The maximum atomic E-state index is 13.0. The Labute approximate surface area is 148 Å². The lowest BCUT2D eigenvalue weighted by molar-refractivity contribution is -0.115. The smallest absolute Gasteiger partial charge is 0.244 e. The molecule has 0 radical (unpaired) electrons. The second-order valence-electron chi connectivity index (χ2n) is 5.62. The van der Waals surface area contributed by atoms with Crippen LogP contribution in [0.5, 0.6) is 0 Å². The quantitative estimate of drug-likeness (QED) is 0.705. The van der Waals surface area contributed by atoms with Crippen molar-refractivity contribution in [1.29, 1.82) is 0 Å². The molecule has 8 heteroatoms. The lowest BCUT2D eigenvalue weighted by Gasteiger charge is -2.12. The summed E-state index contributed by atoms with van der Waals surface area (Å²) in [5.74, 6) is -1.22. The Bertz CT molecular complexity index is 1040. The van der Waals surface area contributed by atoms with Crippen LogP contribution in [0, 0.1) is 12.7 Å². The molecule has 0 aliphatic heterocycles. The van der Waals surface area contributed by atoms with E-state index in [1.54, 1.807) is 0 Å². The van der Waals surface area contributed by atoms with Gasteiger partial charge in [0.15, 0.2) is 15.0 Å². The van der Waals surface area contributed by atoms with Gasteiger partial charge in [-0.1, -0.05) is 17.4 Å². The first kappa shape index (κ1) is 17.5. The molecule has 3 aromatic rings. The lowest BCUT2D eigenvalue weighted by Crippen LogP contribution is -2.32. The fraction of sp³-hybridized carbons (Fsp3) is 0.176. The van der Waals surface area contributed by atoms with Crippen LogP contribution >= 0.6 is 11.3 Å². The first-order valence-corrected chi connectivity index (χ1v) is 9.81. The van der Waals surface area contributed by atoms with Gasteiger partial charge in [-0.05, 0) is 55.8 Å². The molecular formula is C17H15FN2O3S2. The number of carbonyl (C=O) groups is 1. The summed E-state index contributed by atoms with van der Waals surface area (Å²) in [5.41, 5.74) is 1.81. The van der Waals surface area contributed by atoms with E-state index in [4.69, 9.17) is 0 Å². The van der Waals surface area contributed by atoms with Crippen LogP contribution in [0.15, 0.2) is 47.4 Å². The number of nitrogens with zero attached hydrogens (tertiary/aromatic N) is 1. The number of rotatable bonds is 4. The van der Waals surface area contributed by atoms with Crippen molar-refractivity contribution in [2.24, 2.45) is 0 Å². The molecule has 0 saturated carbocycles. The Morgan fingerprint density at radius 2 is 1.88 bits per heavy atom. The summed E-state index contributed by atoms with van der Waals surface area (Å²) >= 11 is 1.28. The van der Waals surface area contributed by atoms with Gasteiger partial charge in [0.1, 0.15) is 11.1 Å². The molecule has 1 atom stereocenters. The average molecular weight is 378 g/mol. The third kappa shape index (κ3) is 3.54.